The zero-order valence-corrected chi connectivity index (χ0v) is 16.6. The minimum absolute atomic E-state index is 0.240. The number of hydrogen-bond donors (Lipinski definition) is 0. The van der Waals surface area contributed by atoms with Gasteiger partial charge >= 0.3 is 0 Å². The molecule has 0 N–H and O–H groups in total. The predicted molar refractivity (Wildman–Crippen MR) is 108 cm³/mol. The van der Waals surface area contributed by atoms with Gasteiger partial charge in [0.25, 0.3) is 0 Å². The van der Waals surface area contributed by atoms with E-state index in [4.69, 9.17) is 0 Å². The highest BCUT2D eigenvalue weighted by Gasteiger charge is 2.42. The van der Waals surface area contributed by atoms with Gasteiger partial charge in [-0.05, 0) is 53.0 Å². The molecule has 3 heteroatoms. The molecular formula is C22H26N2S. The zero-order chi connectivity index (χ0) is 17.6. The van der Waals surface area contributed by atoms with Gasteiger partial charge in [-0.15, -0.1) is 0 Å². The third kappa shape index (κ3) is 1.99. The summed E-state index contributed by atoms with van der Waals surface area (Å²) in [6.07, 6.45) is 2.53. The minimum Gasteiger partial charge on any atom is -0.355 e. The van der Waals surface area contributed by atoms with Gasteiger partial charge in [0.2, 0.25) is 0 Å². The fraction of sp³-hybridized carbons (Fsp3) is 0.455. The Kier molecular flexibility index (Phi) is 2.98. The van der Waals surface area contributed by atoms with Crippen LogP contribution < -0.4 is 9.80 Å². The topological polar surface area (TPSA) is 6.48 Å². The van der Waals surface area contributed by atoms with Crippen molar-refractivity contribution < 1.29 is 0 Å². The first-order chi connectivity index (χ1) is 11.8. The summed E-state index contributed by atoms with van der Waals surface area (Å²) in [5, 5.41) is 0. The first-order valence-corrected chi connectivity index (χ1v) is 10.1. The lowest BCUT2D eigenvalue weighted by molar-refractivity contribution is 0.327. The molecule has 0 saturated carbocycles. The van der Waals surface area contributed by atoms with E-state index in [0.29, 0.717) is 0 Å². The lowest BCUT2D eigenvalue weighted by Crippen LogP contribution is -2.35. The molecule has 130 valence electrons. The van der Waals surface area contributed by atoms with Gasteiger partial charge in [0, 0.05) is 16.8 Å². The van der Waals surface area contributed by atoms with E-state index in [0.717, 1.165) is 6.67 Å². The van der Waals surface area contributed by atoms with E-state index in [9.17, 15) is 0 Å². The fourth-order valence-electron chi connectivity index (χ4n) is 4.85. The molecule has 0 radical (unpaired) electrons. The molecule has 2 aromatic rings. The highest BCUT2D eigenvalue weighted by molar-refractivity contribution is 7.99. The van der Waals surface area contributed by atoms with Crippen molar-refractivity contribution in [3.8, 4) is 0 Å². The maximum absolute atomic E-state index is 2.52. The number of hydrogen-bond acceptors (Lipinski definition) is 3. The van der Waals surface area contributed by atoms with E-state index < -0.39 is 0 Å². The van der Waals surface area contributed by atoms with Crippen LogP contribution in [0.5, 0.6) is 0 Å². The van der Waals surface area contributed by atoms with Crippen LogP contribution in [0.4, 0.5) is 17.1 Å². The van der Waals surface area contributed by atoms with Crippen molar-refractivity contribution in [2.24, 2.45) is 0 Å². The summed E-state index contributed by atoms with van der Waals surface area (Å²) in [5.41, 5.74) is 7.81. The first kappa shape index (κ1) is 15.6. The number of rotatable bonds is 0. The summed E-state index contributed by atoms with van der Waals surface area (Å²) < 4.78 is 0. The van der Waals surface area contributed by atoms with Crippen molar-refractivity contribution in [1.29, 1.82) is 0 Å². The second kappa shape index (κ2) is 4.76. The third-order valence-corrected chi connectivity index (χ3v) is 7.60. The van der Waals surface area contributed by atoms with Crippen molar-refractivity contribution >= 4 is 28.8 Å². The van der Waals surface area contributed by atoms with Crippen LogP contribution in [0.15, 0.2) is 40.1 Å². The molecule has 2 heterocycles. The second-order valence-electron chi connectivity index (χ2n) is 9.10. The summed E-state index contributed by atoms with van der Waals surface area (Å²) in [4.78, 5) is 7.79. The van der Waals surface area contributed by atoms with Crippen LogP contribution in [0.3, 0.4) is 0 Å². The van der Waals surface area contributed by atoms with Crippen LogP contribution >= 0.6 is 11.8 Å². The highest BCUT2D eigenvalue weighted by Crippen LogP contribution is 2.59. The van der Waals surface area contributed by atoms with Crippen molar-refractivity contribution in [2.75, 3.05) is 23.5 Å². The van der Waals surface area contributed by atoms with E-state index >= 15 is 0 Å². The van der Waals surface area contributed by atoms with Gasteiger partial charge in [0.15, 0.2) is 0 Å². The summed E-state index contributed by atoms with van der Waals surface area (Å²) >= 11 is 1.99. The molecule has 0 unspecified atom stereocenters. The van der Waals surface area contributed by atoms with Crippen LogP contribution in [-0.4, -0.2) is 13.7 Å². The Labute approximate surface area is 155 Å². The Morgan fingerprint density at radius 1 is 0.920 bits per heavy atom. The van der Waals surface area contributed by atoms with Crippen LogP contribution in [-0.2, 0) is 10.8 Å². The van der Waals surface area contributed by atoms with Crippen LogP contribution in [0, 0.1) is 0 Å². The number of anilines is 3. The van der Waals surface area contributed by atoms with Gasteiger partial charge < -0.3 is 9.80 Å². The number of nitrogens with zero attached hydrogens (tertiary/aromatic N) is 2. The summed E-state index contributed by atoms with van der Waals surface area (Å²) in [7, 11) is 2.20. The highest BCUT2D eigenvalue weighted by atomic mass is 32.2. The minimum atomic E-state index is 0.240. The largest absolute Gasteiger partial charge is 0.355 e. The van der Waals surface area contributed by atoms with Crippen LogP contribution in [0.1, 0.15) is 51.7 Å². The number of para-hydroxylation sites is 1. The molecule has 1 aliphatic carbocycles. The Bertz CT molecular complexity index is 897. The molecule has 0 spiro atoms. The Hall–Kier alpha value is -1.61. The van der Waals surface area contributed by atoms with Gasteiger partial charge in [-0.3, -0.25) is 0 Å². The van der Waals surface area contributed by atoms with E-state index in [1.54, 1.807) is 11.1 Å². The summed E-state index contributed by atoms with van der Waals surface area (Å²) in [6, 6.07) is 11.5. The predicted octanol–water partition coefficient (Wildman–Crippen LogP) is 6.05. The van der Waals surface area contributed by atoms with Crippen molar-refractivity contribution in [1.82, 2.24) is 0 Å². The Balaban J connectivity index is 1.79. The molecule has 3 aliphatic rings. The van der Waals surface area contributed by atoms with Crippen LogP contribution in [0.2, 0.25) is 0 Å². The van der Waals surface area contributed by atoms with E-state index in [1.807, 2.05) is 11.8 Å². The van der Waals surface area contributed by atoms with Gasteiger partial charge in [-0.1, -0.05) is 51.6 Å². The average Bonchev–Trinajstić information content (AvgIpc) is 2.90. The molecule has 2 nitrogen and oxygen atoms in total. The smallest absolute Gasteiger partial charge is 0.0951 e. The maximum Gasteiger partial charge on any atom is 0.0951 e. The van der Waals surface area contributed by atoms with Gasteiger partial charge in [-0.25, -0.2) is 0 Å². The molecule has 0 amide bonds. The summed E-state index contributed by atoms with van der Waals surface area (Å²) in [6.45, 7) is 10.6. The normalized spacial score (nSPS) is 21.6. The second-order valence-corrected chi connectivity index (χ2v) is 10.1. The first-order valence-electron chi connectivity index (χ1n) is 9.27. The third-order valence-electron chi connectivity index (χ3n) is 6.43. The zero-order valence-electron chi connectivity index (χ0n) is 15.8. The molecule has 0 atom stereocenters. The van der Waals surface area contributed by atoms with E-state index in [2.05, 4.69) is 74.9 Å². The Morgan fingerprint density at radius 2 is 1.68 bits per heavy atom. The number of benzene rings is 2. The van der Waals surface area contributed by atoms with E-state index in [-0.39, 0.29) is 10.8 Å². The molecule has 0 bridgehead atoms. The van der Waals surface area contributed by atoms with Crippen LogP contribution in [0.25, 0.3) is 0 Å². The summed E-state index contributed by atoms with van der Waals surface area (Å²) in [5.74, 6) is 0. The van der Waals surface area contributed by atoms with E-state index in [1.165, 1.54) is 39.7 Å². The lowest BCUT2D eigenvalue weighted by Gasteiger charge is -2.44. The molecule has 25 heavy (non-hydrogen) atoms. The average molecular weight is 351 g/mol. The number of fused-ring (bicyclic) bond motifs is 4. The van der Waals surface area contributed by atoms with Gasteiger partial charge in [0.1, 0.15) is 0 Å². The Morgan fingerprint density at radius 3 is 2.48 bits per heavy atom. The molecule has 5 rings (SSSR count). The quantitative estimate of drug-likeness (QED) is 0.571. The van der Waals surface area contributed by atoms with Gasteiger partial charge in [-0.2, -0.15) is 0 Å². The lowest BCUT2D eigenvalue weighted by atomic mass is 9.63. The maximum atomic E-state index is 2.52. The molecule has 2 aliphatic heterocycles. The molecule has 2 aromatic carbocycles. The van der Waals surface area contributed by atoms with Crippen molar-refractivity contribution in [2.45, 2.75) is 61.2 Å². The van der Waals surface area contributed by atoms with Gasteiger partial charge in [0.05, 0.1) is 23.7 Å². The standard InChI is InChI=1S/C22H26N2S/c1-21(2)11-12-22(3,4)18-14(21)9-10-16-20(18)25-17-8-6-7-15-19(17)24(16)13-23(15)5/h6-10H,11-13H2,1-5H3. The van der Waals surface area contributed by atoms with Crippen molar-refractivity contribution in [3.63, 3.8) is 0 Å². The monoisotopic (exact) mass is 350 g/mol. The van der Waals surface area contributed by atoms with Crippen molar-refractivity contribution in [3.05, 3.63) is 41.5 Å². The molecule has 0 saturated heterocycles. The SMILES string of the molecule is CN1CN2c3ccc4c(c3Sc3cccc1c32)C(C)(C)CCC4(C)C. The molecule has 0 fully saturated rings. The molecule has 0 aromatic heterocycles. The fourth-order valence-corrected chi connectivity index (χ4v) is 6.30. The molecular weight excluding hydrogens is 324 g/mol.